The third kappa shape index (κ3) is 5.48. The largest absolute Gasteiger partial charge is 0.310 e. The zero-order valence-corrected chi connectivity index (χ0v) is 15.2. The van der Waals surface area contributed by atoms with E-state index < -0.39 is 0 Å². The molecule has 0 spiro atoms. The molecule has 124 valence electrons. The van der Waals surface area contributed by atoms with Gasteiger partial charge in [-0.25, -0.2) is 0 Å². The Kier molecular flexibility index (Phi) is 6.98. The molecule has 4 nitrogen and oxygen atoms in total. The standard InChI is InChI=1S/C19H20BrN3O/c1-22(14-16-8-10-17(20)11-9-16)15-19(24)23(13-5-12-21)18-6-3-2-4-7-18/h2-4,6-11H,5,13-15H2,1H3. The smallest absolute Gasteiger partial charge is 0.241 e. The van der Waals surface area contributed by atoms with Gasteiger partial charge in [0.25, 0.3) is 0 Å². The molecule has 0 radical (unpaired) electrons. The Bertz CT molecular complexity index is 695. The van der Waals surface area contributed by atoms with E-state index in [1.807, 2.05) is 66.5 Å². The average Bonchev–Trinajstić information content (AvgIpc) is 2.58. The van der Waals surface area contributed by atoms with Crippen molar-refractivity contribution in [2.45, 2.75) is 13.0 Å². The number of anilines is 1. The number of nitrogens with zero attached hydrogens (tertiary/aromatic N) is 3. The number of para-hydroxylation sites is 1. The topological polar surface area (TPSA) is 47.3 Å². The van der Waals surface area contributed by atoms with Crippen LogP contribution in [0.4, 0.5) is 5.69 Å². The van der Waals surface area contributed by atoms with E-state index in [2.05, 4.69) is 22.0 Å². The molecular weight excluding hydrogens is 366 g/mol. The molecule has 0 atom stereocenters. The van der Waals surface area contributed by atoms with Gasteiger partial charge >= 0.3 is 0 Å². The van der Waals surface area contributed by atoms with Gasteiger partial charge in [0.05, 0.1) is 19.0 Å². The molecule has 0 heterocycles. The van der Waals surface area contributed by atoms with Crippen LogP contribution in [0.1, 0.15) is 12.0 Å². The number of benzene rings is 2. The van der Waals surface area contributed by atoms with Crippen LogP contribution in [0.15, 0.2) is 59.1 Å². The number of carbonyl (C=O) groups excluding carboxylic acids is 1. The number of hydrogen-bond donors (Lipinski definition) is 0. The minimum atomic E-state index is -0.00365. The predicted molar refractivity (Wildman–Crippen MR) is 99.5 cm³/mol. The van der Waals surface area contributed by atoms with Gasteiger partial charge in [-0.05, 0) is 36.9 Å². The summed E-state index contributed by atoms with van der Waals surface area (Å²) in [4.78, 5) is 16.3. The fourth-order valence-electron chi connectivity index (χ4n) is 2.44. The number of amides is 1. The van der Waals surface area contributed by atoms with Crippen molar-refractivity contribution in [1.82, 2.24) is 4.90 Å². The van der Waals surface area contributed by atoms with E-state index in [9.17, 15) is 4.79 Å². The van der Waals surface area contributed by atoms with Crippen molar-refractivity contribution < 1.29 is 4.79 Å². The summed E-state index contributed by atoms with van der Waals surface area (Å²) in [6.45, 7) is 1.40. The van der Waals surface area contributed by atoms with Gasteiger partial charge in [0, 0.05) is 23.2 Å². The molecule has 0 aliphatic heterocycles. The van der Waals surface area contributed by atoms with E-state index in [0.717, 1.165) is 15.7 Å². The number of halogens is 1. The summed E-state index contributed by atoms with van der Waals surface area (Å²) in [5, 5.41) is 8.84. The maximum atomic E-state index is 12.7. The van der Waals surface area contributed by atoms with Crippen LogP contribution in [0.5, 0.6) is 0 Å². The first-order valence-corrected chi connectivity index (χ1v) is 8.55. The van der Waals surface area contributed by atoms with Gasteiger partial charge in [-0.3, -0.25) is 9.69 Å². The van der Waals surface area contributed by atoms with Crippen molar-refractivity contribution in [3.8, 4) is 6.07 Å². The second-order valence-corrected chi connectivity index (χ2v) is 6.50. The lowest BCUT2D eigenvalue weighted by atomic mass is 10.2. The molecule has 2 rings (SSSR count). The molecule has 0 unspecified atom stereocenters. The Hall–Kier alpha value is -2.16. The summed E-state index contributed by atoms with van der Waals surface area (Å²) in [5.41, 5.74) is 1.98. The first-order chi connectivity index (χ1) is 11.6. The second-order valence-electron chi connectivity index (χ2n) is 5.59. The molecule has 0 bridgehead atoms. The van der Waals surface area contributed by atoms with Crippen LogP contribution in [0, 0.1) is 11.3 Å². The first-order valence-electron chi connectivity index (χ1n) is 7.75. The van der Waals surface area contributed by atoms with E-state index >= 15 is 0 Å². The van der Waals surface area contributed by atoms with Crippen LogP contribution in [-0.4, -0.2) is 30.9 Å². The van der Waals surface area contributed by atoms with Crippen molar-refractivity contribution in [2.24, 2.45) is 0 Å². The third-order valence-electron chi connectivity index (χ3n) is 3.59. The fraction of sp³-hybridized carbons (Fsp3) is 0.263. The van der Waals surface area contributed by atoms with E-state index in [-0.39, 0.29) is 5.91 Å². The Morgan fingerprint density at radius 1 is 1.12 bits per heavy atom. The molecular formula is C19H20BrN3O. The summed E-state index contributed by atoms with van der Waals surface area (Å²) < 4.78 is 1.04. The van der Waals surface area contributed by atoms with Crippen LogP contribution in [0.2, 0.25) is 0 Å². The minimum absolute atomic E-state index is 0.00365. The Balaban J connectivity index is 2.01. The maximum absolute atomic E-state index is 12.7. The zero-order valence-electron chi connectivity index (χ0n) is 13.7. The fourth-order valence-corrected chi connectivity index (χ4v) is 2.71. The molecule has 2 aromatic rings. The number of carbonyl (C=O) groups is 1. The van der Waals surface area contributed by atoms with Gasteiger partial charge < -0.3 is 4.90 Å². The van der Waals surface area contributed by atoms with Gasteiger partial charge in [-0.2, -0.15) is 5.26 Å². The number of likely N-dealkylation sites (N-methyl/N-ethyl adjacent to an activating group) is 1. The molecule has 24 heavy (non-hydrogen) atoms. The average molecular weight is 386 g/mol. The lowest BCUT2D eigenvalue weighted by molar-refractivity contribution is -0.119. The van der Waals surface area contributed by atoms with Crippen molar-refractivity contribution >= 4 is 27.5 Å². The van der Waals surface area contributed by atoms with Crippen molar-refractivity contribution in [3.05, 3.63) is 64.6 Å². The van der Waals surface area contributed by atoms with E-state index in [0.29, 0.717) is 26.1 Å². The van der Waals surface area contributed by atoms with E-state index in [4.69, 9.17) is 5.26 Å². The Morgan fingerprint density at radius 2 is 1.79 bits per heavy atom. The molecule has 0 aliphatic rings. The molecule has 0 aromatic heterocycles. The molecule has 2 aromatic carbocycles. The highest BCUT2D eigenvalue weighted by atomic mass is 79.9. The van der Waals surface area contributed by atoms with Crippen LogP contribution < -0.4 is 4.90 Å². The molecule has 1 amide bonds. The Labute approximate surface area is 151 Å². The highest BCUT2D eigenvalue weighted by Crippen LogP contribution is 2.15. The van der Waals surface area contributed by atoms with Crippen molar-refractivity contribution in [3.63, 3.8) is 0 Å². The predicted octanol–water partition coefficient (Wildman–Crippen LogP) is 3.83. The molecule has 0 saturated heterocycles. The maximum Gasteiger partial charge on any atom is 0.241 e. The summed E-state index contributed by atoms with van der Waals surface area (Å²) in [6.07, 6.45) is 0.317. The molecule has 0 fully saturated rings. The number of nitriles is 1. The second kappa shape index (κ2) is 9.21. The highest BCUT2D eigenvalue weighted by molar-refractivity contribution is 9.10. The normalized spacial score (nSPS) is 10.4. The van der Waals surface area contributed by atoms with Crippen LogP contribution in [-0.2, 0) is 11.3 Å². The summed E-state index contributed by atoms with van der Waals surface area (Å²) in [7, 11) is 1.92. The van der Waals surface area contributed by atoms with Crippen LogP contribution in [0.25, 0.3) is 0 Å². The van der Waals surface area contributed by atoms with Gasteiger partial charge in [-0.15, -0.1) is 0 Å². The lowest BCUT2D eigenvalue weighted by Crippen LogP contribution is -2.39. The lowest BCUT2D eigenvalue weighted by Gasteiger charge is -2.25. The molecule has 0 N–H and O–H groups in total. The van der Waals surface area contributed by atoms with Crippen molar-refractivity contribution in [2.75, 3.05) is 25.0 Å². The van der Waals surface area contributed by atoms with E-state index in [1.54, 1.807) is 4.90 Å². The summed E-state index contributed by atoms with van der Waals surface area (Å²) >= 11 is 3.42. The number of hydrogen-bond acceptors (Lipinski definition) is 3. The SMILES string of the molecule is CN(CC(=O)N(CCC#N)c1ccccc1)Cc1ccc(Br)cc1. The van der Waals surface area contributed by atoms with Gasteiger partial charge in [-0.1, -0.05) is 46.3 Å². The van der Waals surface area contributed by atoms with Gasteiger partial charge in [0.1, 0.15) is 0 Å². The first kappa shape index (κ1) is 18.2. The third-order valence-corrected chi connectivity index (χ3v) is 4.12. The Morgan fingerprint density at radius 3 is 2.42 bits per heavy atom. The minimum Gasteiger partial charge on any atom is -0.310 e. The van der Waals surface area contributed by atoms with Gasteiger partial charge in [0.2, 0.25) is 5.91 Å². The monoisotopic (exact) mass is 385 g/mol. The molecule has 5 heteroatoms. The number of rotatable bonds is 7. The van der Waals surface area contributed by atoms with Crippen LogP contribution >= 0.6 is 15.9 Å². The molecule has 0 aliphatic carbocycles. The van der Waals surface area contributed by atoms with E-state index in [1.165, 1.54) is 0 Å². The van der Waals surface area contributed by atoms with Gasteiger partial charge in [0.15, 0.2) is 0 Å². The quantitative estimate of drug-likeness (QED) is 0.727. The highest BCUT2D eigenvalue weighted by Gasteiger charge is 2.17. The molecule has 0 saturated carbocycles. The summed E-state index contributed by atoms with van der Waals surface area (Å²) in [6, 6.07) is 19.7. The zero-order chi connectivity index (χ0) is 17.4. The van der Waals surface area contributed by atoms with Crippen LogP contribution in [0.3, 0.4) is 0 Å². The summed E-state index contributed by atoms with van der Waals surface area (Å²) in [5.74, 6) is -0.00365. The van der Waals surface area contributed by atoms with Crippen molar-refractivity contribution in [1.29, 1.82) is 5.26 Å².